The van der Waals surface area contributed by atoms with E-state index in [0.29, 0.717) is 0 Å². The molecule has 0 fully saturated rings. The Labute approximate surface area is 317 Å². The zero-order valence-corrected chi connectivity index (χ0v) is 30.0. The normalized spacial score (nSPS) is 13.6. The van der Waals surface area contributed by atoms with Crippen LogP contribution >= 0.6 is 0 Å². The summed E-state index contributed by atoms with van der Waals surface area (Å²) in [5, 5.41) is 3.37. The number of nitrogens with zero attached hydrogens (tertiary/aromatic N) is 2. The van der Waals surface area contributed by atoms with Crippen LogP contribution in [0.25, 0.3) is 77.9 Å². The summed E-state index contributed by atoms with van der Waals surface area (Å²) in [6.07, 6.45) is 15.3. The molecule has 1 aromatic heterocycles. The van der Waals surface area contributed by atoms with E-state index in [1.165, 1.54) is 72.3 Å². The average Bonchev–Trinajstić information content (AvgIpc) is 3.27. The van der Waals surface area contributed by atoms with Crippen molar-refractivity contribution < 1.29 is 0 Å². The first kappa shape index (κ1) is 33.0. The number of dihydropyridines is 2. The highest BCUT2D eigenvalue weighted by atomic mass is 14.8. The maximum absolute atomic E-state index is 4.57. The molecular weight excluding hydrogens is 655 g/mol. The number of aromatic nitrogens is 1. The van der Waals surface area contributed by atoms with Crippen LogP contribution in [0, 0.1) is 0 Å². The summed E-state index contributed by atoms with van der Waals surface area (Å²) < 4.78 is 0. The molecule has 2 aliphatic rings. The first-order valence-electron chi connectivity index (χ1n) is 18.6. The molecule has 9 rings (SSSR count). The highest BCUT2D eigenvalue weighted by Crippen LogP contribution is 2.39. The van der Waals surface area contributed by atoms with Crippen molar-refractivity contribution in [1.29, 1.82) is 0 Å². The number of hydrogen-bond acceptors (Lipinski definition) is 3. The Morgan fingerprint density at radius 1 is 0.444 bits per heavy atom. The second-order valence-corrected chi connectivity index (χ2v) is 13.9. The molecule has 0 saturated heterocycles. The molecule has 0 saturated carbocycles. The van der Waals surface area contributed by atoms with Gasteiger partial charge in [0.25, 0.3) is 0 Å². The van der Waals surface area contributed by atoms with Crippen molar-refractivity contribution in [3.05, 3.63) is 200 Å². The molecule has 0 amide bonds. The molecule has 3 nitrogen and oxygen atoms in total. The smallest absolute Gasteiger partial charge is 0.0424 e. The molecular formula is C51H39N3. The van der Waals surface area contributed by atoms with E-state index in [0.717, 1.165) is 36.2 Å². The topological polar surface area (TPSA) is 37.3 Å². The van der Waals surface area contributed by atoms with Crippen LogP contribution in [0.4, 0.5) is 0 Å². The summed E-state index contributed by atoms with van der Waals surface area (Å²) >= 11 is 0. The molecule has 0 unspecified atom stereocenters. The lowest BCUT2D eigenvalue weighted by Gasteiger charge is -2.16. The highest BCUT2D eigenvalue weighted by Gasteiger charge is 2.14. The summed E-state index contributed by atoms with van der Waals surface area (Å²) in [5.74, 6) is 0. The van der Waals surface area contributed by atoms with Gasteiger partial charge in [0.05, 0.1) is 0 Å². The Bertz CT molecular complexity index is 2590. The second-order valence-electron chi connectivity index (χ2n) is 13.9. The van der Waals surface area contributed by atoms with Crippen LogP contribution in [0.15, 0.2) is 193 Å². The van der Waals surface area contributed by atoms with Gasteiger partial charge in [-0.2, -0.15) is 0 Å². The van der Waals surface area contributed by atoms with Crippen molar-refractivity contribution in [3.63, 3.8) is 0 Å². The van der Waals surface area contributed by atoms with Crippen molar-refractivity contribution in [2.45, 2.75) is 6.42 Å². The maximum atomic E-state index is 4.57. The number of pyridine rings is 1. The van der Waals surface area contributed by atoms with Crippen molar-refractivity contribution >= 4 is 17.4 Å². The molecule has 0 aliphatic carbocycles. The standard InChI is InChI=1S/C51H39N3/c1-2-10-36(11-3-1)46-27-47(40-15-4-12-37(24-40)43-18-7-21-52-33-43)30-50(28-46)51-31-48(41-16-5-13-38(25-41)44-19-8-22-53-34-44)29-49(32-51)42-17-6-14-39(26-42)45-20-9-23-54-35-45/h1-8,10-22,24-33,35,53H,9,23,34H2. The Kier molecular flexibility index (Phi) is 9.19. The van der Waals surface area contributed by atoms with Crippen LogP contribution in [0.5, 0.6) is 0 Å². The maximum Gasteiger partial charge on any atom is 0.0424 e. The van der Waals surface area contributed by atoms with Crippen molar-refractivity contribution in [3.8, 4) is 66.8 Å². The van der Waals surface area contributed by atoms with Gasteiger partial charge < -0.3 is 5.32 Å². The lowest BCUT2D eigenvalue weighted by atomic mass is 9.88. The second kappa shape index (κ2) is 15.0. The minimum absolute atomic E-state index is 0.814. The zero-order valence-electron chi connectivity index (χ0n) is 30.0. The van der Waals surface area contributed by atoms with E-state index in [4.69, 9.17) is 0 Å². The summed E-state index contributed by atoms with van der Waals surface area (Å²) in [6, 6.07) is 55.5. The van der Waals surface area contributed by atoms with Gasteiger partial charge in [-0.1, -0.05) is 103 Å². The van der Waals surface area contributed by atoms with Gasteiger partial charge in [0.15, 0.2) is 0 Å². The molecule has 0 spiro atoms. The fraction of sp³-hybridized carbons (Fsp3) is 0.0588. The van der Waals surface area contributed by atoms with Gasteiger partial charge in [0.2, 0.25) is 0 Å². The summed E-state index contributed by atoms with van der Waals surface area (Å²) in [4.78, 5) is 8.95. The number of nitrogens with one attached hydrogen (secondary N) is 1. The Balaban J connectivity index is 1.23. The van der Waals surface area contributed by atoms with Crippen LogP contribution < -0.4 is 5.32 Å². The van der Waals surface area contributed by atoms with Gasteiger partial charge in [-0.15, -0.1) is 0 Å². The van der Waals surface area contributed by atoms with Crippen LogP contribution in [0.2, 0.25) is 0 Å². The Hall–Kier alpha value is -6.84. The Morgan fingerprint density at radius 3 is 1.52 bits per heavy atom. The largest absolute Gasteiger partial charge is 0.387 e. The predicted molar refractivity (Wildman–Crippen MR) is 228 cm³/mol. The fourth-order valence-corrected chi connectivity index (χ4v) is 7.44. The molecule has 0 bridgehead atoms. The Morgan fingerprint density at radius 2 is 0.944 bits per heavy atom. The molecule has 1 N–H and O–H groups in total. The third-order valence-corrected chi connectivity index (χ3v) is 10.3. The van der Waals surface area contributed by atoms with E-state index >= 15 is 0 Å². The average molecular weight is 694 g/mol. The van der Waals surface area contributed by atoms with Crippen LogP contribution in [0.3, 0.4) is 0 Å². The first-order chi connectivity index (χ1) is 26.7. The van der Waals surface area contributed by atoms with Crippen molar-refractivity contribution in [1.82, 2.24) is 10.3 Å². The minimum atomic E-state index is 0.814. The lowest BCUT2D eigenvalue weighted by Crippen LogP contribution is -2.11. The molecule has 54 heavy (non-hydrogen) atoms. The van der Waals surface area contributed by atoms with Crippen molar-refractivity contribution in [2.24, 2.45) is 4.99 Å². The molecule has 2 aliphatic heterocycles. The lowest BCUT2D eigenvalue weighted by molar-refractivity contribution is 0.986. The van der Waals surface area contributed by atoms with E-state index in [-0.39, 0.29) is 0 Å². The quantitative estimate of drug-likeness (QED) is 0.172. The highest BCUT2D eigenvalue weighted by molar-refractivity contribution is 6.10. The van der Waals surface area contributed by atoms with E-state index < -0.39 is 0 Å². The molecule has 3 heterocycles. The number of hydrogen-bond donors (Lipinski definition) is 1. The third kappa shape index (κ3) is 7.13. The van der Waals surface area contributed by atoms with E-state index in [2.05, 4.69) is 179 Å². The number of rotatable bonds is 8. The molecule has 3 heteroatoms. The van der Waals surface area contributed by atoms with Crippen LogP contribution in [-0.2, 0) is 0 Å². The van der Waals surface area contributed by atoms with E-state index in [1.807, 2.05) is 30.9 Å². The predicted octanol–water partition coefficient (Wildman–Crippen LogP) is 12.4. The van der Waals surface area contributed by atoms with E-state index in [9.17, 15) is 0 Å². The first-order valence-corrected chi connectivity index (χ1v) is 18.6. The molecule has 0 radical (unpaired) electrons. The summed E-state index contributed by atoms with van der Waals surface area (Å²) in [7, 11) is 0. The van der Waals surface area contributed by atoms with E-state index in [1.54, 1.807) is 0 Å². The zero-order chi connectivity index (χ0) is 36.1. The minimum Gasteiger partial charge on any atom is -0.387 e. The monoisotopic (exact) mass is 693 g/mol. The number of benzene rings is 6. The fourth-order valence-electron chi connectivity index (χ4n) is 7.44. The molecule has 0 atom stereocenters. The van der Waals surface area contributed by atoms with Gasteiger partial charge in [0.1, 0.15) is 0 Å². The van der Waals surface area contributed by atoms with Gasteiger partial charge in [-0.3, -0.25) is 9.98 Å². The molecule has 7 aromatic rings. The van der Waals surface area contributed by atoms with Crippen molar-refractivity contribution in [2.75, 3.05) is 13.1 Å². The van der Waals surface area contributed by atoms with Crippen LogP contribution in [0.1, 0.15) is 17.5 Å². The number of allylic oxidation sites excluding steroid dienone is 3. The van der Waals surface area contributed by atoms with Gasteiger partial charge in [-0.25, -0.2) is 0 Å². The SMILES string of the molecule is C1=CNCC(c2cccc(-c3cc(-c4cccc(C5=CCCN=C5)c4)cc(-c4cc(-c5ccccc5)cc(-c5cccc(-c6cccnc6)c5)c4)c3)c2)=C1. The van der Waals surface area contributed by atoms with Gasteiger partial charge in [0, 0.05) is 37.3 Å². The summed E-state index contributed by atoms with van der Waals surface area (Å²) in [5.41, 5.74) is 18.9. The summed E-state index contributed by atoms with van der Waals surface area (Å²) in [6.45, 7) is 1.67. The third-order valence-electron chi connectivity index (χ3n) is 10.3. The number of aliphatic imine (C=N–C) groups is 1. The van der Waals surface area contributed by atoms with Gasteiger partial charge in [-0.05, 0) is 163 Å². The molecule has 6 aromatic carbocycles. The van der Waals surface area contributed by atoms with Gasteiger partial charge >= 0.3 is 0 Å². The van der Waals surface area contributed by atoms with Crippen LogP contribution in [-0.4, -0.2) is 24.3 Å². The molecule has 258 valence electrons.